The fourth-order valence-corrected chi connectivity index (χ4v) is 3.16. The minimum Gasteiger partial charge on any atom is -0.496 e. The topological polar surface area (TPSA) is 103 Å². The Morgan fingerprint density at radius 2 is 1.76 bits per heavy atom. The van der Waals surface area contributed by atoms with Gasteiger partial charge in [-0.2, -0.15) is 0 Å². The third kappa shape index (κ3) is 4.31. The summed E-state index contributed by atoms with van der Waals surface area (Å²) in [4.78, 5) is 36.8. The van der Waals surface area contributed by atoms with Gasteiger partial charge < -0.3 is 24.8 Å². The number of hydrogen-bond donors (Lipinski definition) is 2. The summed E-state index contributed by atoms with van der Waals surface area (Å²) in [6, 6.07) is 9.92. The molecule has 2 aromatic rings. The molecule has 2 amide bonds. The summed E-state index contributed by atoms with van der Waals surface area (Å²) in [7, 11) is 1.47. The fourth-order valence-electron chi connectivity index (χ4n) is 3.16. The molecular weight excluding hydrogens is 376 g/mol. The van der Waals surface area contributed by atoms with Gasteiger partial charge in [-0.3, -0.25) is 0 Å². The van der Waals surface area contributed by atoms with Crippen LogP contribution >= 0.6 is 0 Å². The van der Waals surface area contributed by atoms with E-state index < -0.39 is 24.0 Å². The smallest absolute Gasteiger partial charge is 0.342 e. The monoisotopic (exact) mass is 398 g/mol. The fraction of sp³-hybridized carbons (Fsp3) is 0.286. The zero-order valence-electron chi connectivity index (χ0n) is 16.4. The van der Waals surface area contributed by atoms with Gasteiger partial charge in [0, 0.05) is 0 Å². The molecule has 0 fully saturated rings. The summed E-state index contributed by atoms with van der Waals surface area (Å²) in [5.74, 6) is -0.846. The summed E-state index contributed by atoms with van der Waals surface area (Å²) < 4.78 is 15.8. The molecule has 8 nitrogen and oxygen atoms in total. The second-order valence-electron chi connectivity index (χ2n) is 6.41. The molecular formula is C21H22N2O6. The van der Waals surface area contributed by atoms with Crippen molar-refractivity contribution in [3.8, 4) is 5.75 Å². The van der Waals surface area contributed by atoms with Gasteiger partial charge in [-0.1, -0.05) is 24.3 Å². The number of ether oxygens (including phenoxy) is 3. The number of fused-ring (bicyclic) bond motifs is 1. The molecule has 0 saturated heterocycles. The second kappa shape index (κ2) is 8.64. The number of rotatable bonds is 6. The van der Waals surface area contributed by atoms with Crippen LogP contribution in [0.5, 0.6) is 5.75 Å². The van der Waals surface area contributed by atoms with E-state index in [4.69, 9.17) is 14.2 Å². The molecule has 0 spiro atoms. The maximum Gasteiger partial charge on any atom is 0.342 e. The normalized spacial score (nSPS) is 16.1. The van der Waals surface area contributed by atoms with Crippen molar-refractivity contribution in [2.75, 3.05) is 20.3 Å². The molecule has 1 heterocycles. The Labute approximate surface area is 167 Å². The zero-order chi connectivity index (χ0) is 21.0. The minimum atomic E-state index is -0.635. The Balaban J connectivity index is 1.86. The number of urea groups is 1. The van der Waals surface area contributed by atoms with Gasteiger partial charge in [0.05, 0.1) is 31.0 Å². The molecule has 152 valence electrons. The Morgan fingerprint density at radius 3 is 2.41 bits per heavy atom. The van der Waals surface area contributed by atoms with E-state index in [2.05, 4.69) is 10.6 Å². The number of nitrogens with one attached hydrogen (secondary N) is 2. The molecule has 3 rings (SSSR count). The van der Waals surface area contributed by atoms with Gasteiger partial charge in [0.25, 0.3) is 0 Å². The first-order valence-corrected chi connectivity index (χ1v) is 9.16. The highest BCUT2D eigenvalue weighted by atomic mass is 16.5. The molecule has 0 unspecified atom stereocenters. The van der Waals surface area contributed by atoms with Crippen LogP contribution in [0.15, 0.2) is 47.7 Å². The van der Waals surface area contributed by atoms with Gasteiger partial charge in [-0.25, -0.2) is 14.4 Å². The van der Waals surface area contributed by atoms with Crippen molar-refractivity contribution in [1.29, 1.82) is 0 Å². The average Bonchev–Trinajstić information content (AvgIpc) is 2.70. The SMILES string of the molecule is CCOC(=O)C1=C(COC(=O)c2cc3ccccc3cc2OC)NC(=O)N[C@@H]1C. The average molecular weight is 398 g/mol. The molecule has 0 saturated carbocycles. The van der Waals surface area contributed by atoms with Crippen molar-refractivity contribution in [3.05, 3.63) is 53.2 Å². The number of carbonyl (C=O) groups excluding carboxylic acids is 3. The summed E-state index contributed by atoms with van der Waals surface area (Å²) in [5.41, 5.74) is 0.648. The predicted octanol–water partition coefficient (Wildman–Crippen LogP) is 2.52. The van der Waals surface area contributed by atoms with Gasteiger partial charge in [-0.15, -0.1) is 0 Å². The van der Waals surface area contributed by atoms with Crippen molar-refractivity contribution in [2.24, 2.45) is 0 Å². The Bertz CT molecular complexity index is 998. The Hall–Kier alpha value is -3.55. The number of carbonyl (C=O) groups is 3. The standard InChI is InChI=1S/C21H22N2O6/c1-4-28-20(25)18-12(2)22-21(26)23-16(18)11-29-19(24)15-9-13-7-5-6-8-14(13)10-17(15)27-3/h5-10,12H,4,11H2,1-3H3,(H2,22,23,26)/t12-/m1/s1. The van der Waals surface area contributed by atoms with Crippen LogP contribution in [0.2, 0.25) is 0 Å². The lowest BCUT2D eigenvalue weighted by atomic mass is 10.0. The molecule has 1 atom stereocenters. The minimum absolute atomic E-state index is 0.185. The molecule has 0 radical (unpaired) electrons. The van der Waals surface area contributed by atoms with Crippen molar-refractivity contribution in [3.63, 3.8) is 0 Å². The maximum atomic E-state index is 12.7. The Kier molecular flexibility index (Phi) is 6.01. The van der Waals surface area contributed by atoms with E-state index in [-0.39, 0.29) is 30.0 Å². The van der Waals surface area contributed by atoms with E-state index in [1.165, 1.54) is 7.11 Å². The van der Waals surface area contributed by atoms with E-state index in [1.54, 1.807) is 26.0 Å². The van der Waals surface area contributed by atoms with Gasteiger partial charge in [-0.05, 0) is 36.8 Å². The van der Waals surface area contributed by atoms with Crippen LogP contribution in [0.25, 0.3) is 10.8 Å². The summed E-state index contributed by atoms with van der Waals surface area (Å²) in [6.07, 6.45) is 0. The van der Waals surface area contributed by atoms with Crippen molar-refractivity contribution >= 4 is 28.7 Å². The van der Waals surface area contributed by atoms with Crippen LogP contribution in [0, 0.1) is 0 Å². The number of amides is 2. The quantitative estimate of drug-likeness (QED) is 0.725. The van der Waals surface area contributed by atoms with Gasteiger partial charge in [0.15, 0.2) is 0 Å². The molecule has 29 heavy (non-hydrogen) atoms. The summed E-state index contributed by atoms with van der Waals surface area (Å²) in [5, 5.41) is 6.89. The first kappa shape index (κ1) is 20.2. The summed E-state index contributed by atoms with van der Waals surface area (Å²) in [6.45, 7) is 3.23. The van der Waals surface area contributed by atoms with Crippen molar-refractivity contribution in [1.82, 2.24) is 10.6 Å². The number of hydrogen-bond acceptors (Lipinski definition) is 6. The van der Waals surface area contributed by atoms with E-state index in [1.807, 2.05) is 24.3 Å². The number of benzene rings is 2. The highest BCUT2D eigenvalue weighted by molar-refractivity contribution is 5.99. The van der Waals surface area contributed by atoms with E-state index in [0.717, 1.165) is 10.8 Å². The maximum absolute atomic E-state index is 12.7. The van der Waals surface area contributed by atoms with Crippen LogP contribution < -0.4 is 15.4 Å². The van der Waals surface area contributed by atoms with E-state index >= 15 is 0 Å². The molecule has 8 heteroatoms. The van der Waals surface area contributed by atoms with Gasteiger partial charge in [0.2, 0.25) is 0 Å². The third-order valence-electron chi connectivity index (χ3n) is 4.50. The Morgan fingerprint density at radius 1 is 1.07 bits per heavy atom. The van der Waals surface area contributed by atoms with Gasteiger partial charge in [0.1, 0.15) is 17.9 Å². The molecule has 1 aliphatic rings. The molecule has 2 N–H and O–H groups in total. The lowest BCUT2D eigenvalue weighted by Crippen LogP contribution is -2.50. The second-order valence-corrected chi connectivity index (χ2v) is 6.41. The lowest BCUT2D eigenvalue weighted by molar-refractivity contribution is -0.139. The third-order valence-corrected chi connectivity index (χ3v) is 4.50. The zero-order valence-corrected chi connectivity index (χ0v) is 16.4. The van der Waals surface area contributed by atoms with Crippen LogP contribution in [-0.2, 0) is 14.3 Å². The van der Waals surface area contributed by atoms with Crippen LogP contribution in [0.1, 0.15) is 24.2 Å². The van der Waals surface area contributed by atoms with Gasteiger partial charge >= 0.3 is 18.0 Å². The van der Waals surface area contributed by atoms with Crippen LogP contribution in [0.4, 0.5) is 4.79 Å². The molecule has 0 aliphatic carbocycles. The first-order chi connectivity index (χ1) is 13.9. The first-order valence-electron chi connectivity index (χ1n) is 9.16. The lowest BCUT2D eigenvalue weighted by Gasteiger charge is -2.26. The van der Waals surface area contributed by atoms with Crippen molar-refractivity contribution in [2.45, 2.75) is 19.9 Å². The molecule has 0 aromatic heterocycles. The summed E-state index contributed by atoms with van der Waals surface area (Å²) >= 11 is 0. The predicted molar refractivity (Wildman–Crippen MR) is 106 cm³/mol. The number of esters is 2. The van der Waals surface area contributed by atoms with Crippen molar-refractivity contribution < 1.29 is 28.6 Å². The highest BCUT2D eigenvalue weighted by Crippen LogP contribution is 2.27. The van der Waals surface area contributed by atoms with Crippen LogP contribution in [0.3, 0.4) is 0 Å². The van der Waals surface area contributed by atoms with E-state index in [9.17, 15) is 14.4 Å². The van der Waals surface area contributed by atoms with Crippen LogP contribution in [-0.4, -0.2) is 44.3 Å². The molecule has 0 bridgehead atoms. The molecule has 1 aliphatic heterocycles. The number of methoxy groups -OCH3 is 1. The molecule has 2 aromatic carbocycles. The van der Waals surface area contributed by atoms with E-state index in [0.29, 0.717) is 5.75 Å². The largest absolute Gasteiger partial charge is 0.496 e. The highest BCUT2D eigenvalue weighted by Gasteiger charge is 2.30.